The van der Waals surface area contributed by atoms with Crippen molar-refractivity contribution >= 4 is 0 Å². The van der Waals surface area contributed by atoms with E-state index in [1.54, 1.807) is 13.0 Å². The van der Waals surface area contributed by atoms with Crippen molar-refractivity contribution in [2.45, 2.75) is 39.5 Å². The first-order chi connectivity index (χ1) is 10.7. The monoisotopic (exact) mass is 304 g/mol. The molecule has 0 saturated heterocycles. The van der Waals surface area contributed by atoms with E-state index in [1.807, 2.05) is 0 Å². The summed E-state index contributed by atoms with van der Waals surface area (Å²) in [5.41, 5.74) is 2.83. The Kier molecular flexibility index (Phi) is 5.93. The minimum absolute atomic E-state index is 0.0207. The average molecular weight is 304 g/mol. The fourth-order valence-corrected chi connectivity index (χ4v) is 2.47. The molecule has 22 heavy (non-hydrogen) atoms. The summed E-state index contributed by atoms with van der Waals surface area (Å²) in [5.74, 6) is -1.71. The second kappa shape index (κ2) is 7.92. The first kappa shape index (κ1) is 16.5. The van der Waals surface area contributed by atoms with Crippen LogP contribution in [-0.4, -0.2) is 6.61 Å². The van der Waals surface area contributed by atoms with Gasteiger partial charge in [-0.3, -0.25) is 0 Å². The Balaban J connectivity index is 2.03. The summed E-state index contributed by atoms with van der Waals surface area (Å²) < 4.78 is 32.9. The van der Waals surface area contributed by atoms with Crippen LogP contribution in [0.15, 0.2) is 36.4 Å². The number of hydrogen-bond donors (Lipinski definition) is 0. The van der Waals surface area contributed by atoms with Crippen LogP contribution in [0.2, 0.25) is 0 Å². The predicted octanol–water partition coefficient (Wildman–Crippen LogP) is 5.10. The minimum atomic E-state index is -0.891. The van der Waals surface area contributed by atoms with E-state index in [9.17, 15) is 8.78 Å². The van der Waals surface area contributed by atoms with E-state index < -0.39 is 11.6 Å². The molecule has 1 nitrogen and oxygen atoms in total. The van der Waals surface area contributed by atoms with Crippen LogP contribution in [0.1, 0.15) is 37.0 Å². The number of ether oxygens (including phenoxy) is 1. The third-order valence-electron chi connectivity index (χ3n) is 3.67. The van der Waals surface area contributed by atoms with Crippen molar-refractivity contribution < 1.29 is 13.5 Å². The fraction of sp³-hybridized carbons (Fsp3) is 0.368. The van der Waals surface area contributed by atoms with Gasteiger partial charge in [-0.2, -0.15) is 4.39 Å². The molecule has 0 N–H and O–H groups in total. The Hall–Kier alpha value is -1.90. The molecule has 0 aliphatic heterocycles. The first-order valence-electron chi connectivity index (χ1n) is 7.83. The number of hydrogen-bond acceptors (Lipinski definition) is 1. The molecule has 2 aromatic rings. The highest BCUT2D eigenvalue weighted by atomic mass is 19.2. The molecule has 0 aliphatic rings. The van der Waals surface area contributed by atoms with Gasteiger partial charge in [-0.05, 0) is 48.9 Å². The van der Waals surface area contributed by atoms with E-state index in [0.29, 0.717) is 25.0 Å². The average Bonchev–Trinajstić information content (AvgIpc) is 2.53. The molecule has 3 heteroatoms. The maximum Gasteiger partial charge on any atom is 0.200 e. The van der Waals surface area contributed by atoms with Crippen molar-refractivity contribution in [2.24, 2.45) is 0 Å². The van der Waals surface area contributed by atoms with Crippen molar-refractivity contribution in [1.82, 2.24) is 0 Å². The Morgan fingerprint density at radius 2 is 1.41 bits per heavy atom. The number of benzene rings is 2. The van der Waals surface area contributed by atoms with Crippen LogP contribution in [-0.2, 0) is 19.3 Å². The van der Waals surface area contributed by atoms with Crippen LogP contribution < -0.4 is 4.74 Å². The molecular weight excluding hydrogens is 282 g/mol. The van der Waals surface area contributed by atoms with Crippen molar-refractivity contribution in [3.63, 3.8) is 0 Å². The molecule has 0 bridgehead atoms. The molecule has 0 atom stereocenters. The molecule has 0 fully saturated rings. The van der Waals surface area contributed by atoms with Crippen molar-refractivity contribution in [3.05, 3.63) is 64.7 Å². The molecule has 0 aliphatic carbocycles. The van der Waals surface area contributed by atoms with Gasteiger partial charge in [-0.1, -0.05) is 43.7 Å². The van der Waals surface area contributed by atoms with Gasteiger partial charge in [-0.15, -0.1) is 0 Å². The first-order valence-corrected chi connectivity index (χ1v) is 7.83. The number of aryl methyl sites for hydroxylation is 3. The Morgan fingerprint density at radius 1 is 0.773 bits per heavy atom. The van der Waals surface area contributed by atoms with Crippen LogP contribution in [0, 0.1) is 11.6 Å². The van der Waals surface area contributed by atoms with E-state index in [1.165, 1.54) is 11.6 Å². The number of halogens is 2. The topological polar surface area (TPSA) is 9.23 Å². The standard InChI is InChI=1S/C19H22F2O/c1-3-5-14-6-8-15(9-7-14)10-11-16-12-13-17(22-4-2)19(21)18(16)20/h6-9,12-13H,3-5,10-11H2,1-2H3. The predicted molar refractivity (Wildman–Crippen MR) is 85.4 cm³/mol. The van der Waals surface area contributed by atoms with Gasteiger partial charge in [0.1, 0.15) is 0 Å². The van der Waals surface area contributed by atoms with Gasteiger partial charge in [0.15, 0.2) is 11.6 Å². The highest BCUT2D eigenvalue weighted by molar-refractivity contribution is 5.32. The van der Waals surface area contributed by atoms with E-state index in [4.69, 9.17) is 4.74 Å². The normalized spacial score (nSPS) is 10.7. The molecule has 0 saturated carbocycles. The second-order valence-electron chi connectivity index (χ2n) is 5.35. The summed E-state index contributed by atoms with van der Waals surface area (Å²) in [6, 6.07) is 11.4. The highest BCUT2D eigenvalue weighted by Gasteiger charge is 2.14. The van der Waals surface area contributed by atoms with Crippen LogP contribution >= 0.6 is 0 Å². The van der Waals surface area contributed by atoms with Crippen molar-refractivity contribution in [1.29, 1.82) is 0 Å². The Morgan fingerprint density at radius 3 is 2.00 bits per heavy atom. The SMILES string of the molecule is CCCc1ccc(CCc2ccc(OCC)c(F)c2F)cc1. The van der Waals surface area contributed by atoms with Crippen LogP contribution in [0.3, 0.4) is 0 Å². The van der Waals surface area contributed by atoms with Gasteiger partial charge in [0, 0.05) is 0 Å². The zero-order chi connectivity index (χ0) is 15.9. The quantitative estimate of drug-likeness (QED) is 0.691. The summed E-state index contributed by atoms with van der Waals surface area (Å²) in [6.45, 7) is 4.21. The molecule has 0 amide bonds. The second-order valence-corrected chi connectivity index (χ2v) is 5.35. The minimum Gasteiger partial charge on any atom is -0.491 e. The van der Waals surface area contributed by atoms with Gasteiger partial charge in [0.25, 0.3) is 0 Å². The van der Waals surface area contributed by atoms with Gasteiger partial charge in [-0.25, -0.2) is 4.39 Å². The van der Waals surface area contributed by atoms with E-state index in [0.717, 1.165) is 18.4 Å². The zero-order valence-corrected chi connectivity index (χ0v) is 13.2. The van der Waals surface area contributed by atoms with E-state index in [2.05, 4.69) is 31.2 Å². The highest BCUT2D eigenvalue weighted by Crippen LogP contribution is 2.23. The summed E-state index contributed by atoms with van der Waals surface area (Å²) in [6.07, 6.45) is 3.36. The maximum atomic E-state index is 14.0. The van der Waals surface area contributed by atoms with Crippen molar-refractivity contribution in [3.8, 4) is 5.75 Å². The third-order valence-corrected chi connectivity index (χ3v) is 3.67. The third kappa shape index (κ3) is 4.06. The van der Waals surface area contributed by atoms with E-state index >= 15 is 0 Å². The molecule has 0 aromatic heterocycles. The van der Waals surface area contributed by atoms with Crippen LogP contribution in [0.4, 0.5) is 8.78 Å². The van der Waals surface area contributed by atoms with Crippen LogP contribution in [0.5, 0.6) is 5.75 Å². The van der Waals surface area contributed by atoms with Gasteiger partial charge in [0.05, 0.1) is 6.61 Å². The molecule has 2 aromatic carbocycles. The zero-order valence-electron chi connectivity index (χ0n) is 13.2. The van der Waals surface area contributed by atoms with Crippen molar-refractivity contribution in [2.75, 3.05) is 6.61 Å². The smallest absolute Gasteiger partial charge is 0.200 e. The molecule has 0 spiro atoms. The van der Waals surface area contributed by atoms with Gasteiger partial charge in [0.2, 0.25) is 5.82 Å². The summed E-state index contributed by atoms with van der Waals surface area (Å²) >= 11 is 0. The molecule has 118 valence electrons. The Bertz CT molecular complexity index is 606. The van der Waals surface area contributed by atoms with Gasteiger partial charge >= 0.3 is 0 Å². The number of rotatable bonds is 7. The molecule has 0 radical (unpaired) electrons. The summed E-state index contributed by atoms with van der Waals surface area (Å²) in [4.78, 5) is 0. The lowest BCUT2D eigenvalue weighted by atomic mass is 10.0. The largest absolute Gasteiger partial charge is 0.491 e. The van der Waals surface area contributed by atoms with Gasteiger partial charge < -0.3 is 4.74 Å². The van der Waals surface area contributed by atoms with E-state index in [-0.39, 0.29) is 5.75 Å². The molecular formula is C19H22F2O. The lowest BCUT2D eigenvalue weighted by molar-refractivity contribution is 0.313. The van der Waals surface area contributed by atoms with Crippen LogP contribution in [0.25, 0.3) is 0 Å². The Labute approximate surface area is 130 Å². The lowest BCUT2D eigenvalue weighted by Gasteiger charge is -2.09. The summed E-state index contributed by atoms with van der Waals surface area (Å²) in [7, 11) is 0. The molecule has 2 rings (SSSR count). The fourth-order valence-electron chi connectivity index (χ4n) is 2.47. The molecule has 0 unspecified atom stereocenters. The maximum absolute atomic E-state index is 14.0. The summed E-state index contributed by atoms with van der Waals surface area (Å²) in [5, 5.41) is 0. The molecule has 0 heterocycles. The lowest BCUT2D eigenvalue weighted by Crippen LogP contribution is -2.02.